The second-order valence-corrected chi connectivity index (χ2v) is 3.48. The Morgan fingerprint density at radius 2 is 2.38 bits per heavy atom. The minimum absolute atomic E-state index is 0.111. The molecule has 1 amide bonds. The molecule has 0 bridgehead atoms. The van der Waals surface area contributed by atoms with E-state index in [2.05, 4.69) is 20.5 Å². The minimum Gasteiger partial charge on any atom is -0.345 e. The normalized spacial score (nSPS) is 10.1. The predicted octanol–water partition coefficient (Wildman–Crippen LogP) is 1.04. The highest BCUT2D eigenvalue weighted by Crippen LogP contribution is 2.03. The Labute approximate surface area is 92.9 Å². The van der Waals surface area contributed by atoms with Gasteiger partial charge in [0.2, 0.25) is 0 Å². The number of aromatic nitrogens is 3. The molecular formula is C11H12N4O. The van der Waals surface area contributed by atoms with Gasteiger partial charge in [0, 0.05) is 5.56 Å². The van der Waals surface area contributed by atoms with Gasteiger partial charge in [-0.25, -0.2) is 4.98 Å². The van der Waals surface area contributed by atoms with Gasteiger partial charge in [0.05, 0.1) is 6.54 Å². The van der Waals surface area contributed by atoms with Crippen LogP contribution in [0.25, 0.3) is 0 Å². The summed E-state index contributed by atoms with van der Waals surface area (Å²) in [6, 6.07) is 7.43. The number of hydrogen-bond acceptors (Lipinski definition) is 3. The molecule has 1 aromatic carbocycles. The molecule has 0 saturated carbocycles. The van der Waals surface area contributed by atoms with E-state index >= 15 is 0 Å². The molecule has 0 aliphatic heterocycles. The molecule has 2 rings (SSSR count). The van der Waals surface area contributed by atoms with E-state index in [1.807, 2.05) is 25.1 Å². The van der Waals surface area contributed by atoms with Crippen LogP contribution in [0.3, 0.4) is 0 Å². The Bertz CT molecular complexity index is 478. The Hall–Kier alpha value is -2.17. The lowest BCUT2D eigenvalue weighted by Gasteiger charge is -2.03. The van der Waals surface area contributed by atoms with E-state index in [9.17, 15) is 4.79 Å². The smallest absolute Gasteiger partial charge is 0.251 e. The van der Waals surface area contributed by atoms with Gasteiger partial charge in [-0.2, -0.15) is 5.10 Å². The van der Waals surface area contributed by atoms with E-state index in [1.165, 1.54) is 6.33 Å². The van der Waals surface area contributed by atoms with E-state index in [0.29, 0.717) is 17.9 Å². The molecule has 0 aliphatic rings. The summed E-state index contributed by atoms with van der Waals surface area (Å²) in [5.41, 5.74) is 1.71. The number of H-pyrrole nitrogens is 1. The summed E-state index contributed by atoms with van der Waals surface area (Å²) in [5, 5.41) is 9.13. The maximum absolute atomic E-state index is 11.7. The zero-order valence-electron chi connectivity index (χ0n) is 8.90. The highest BCUT2D eigenvalue weighted by Gasteiger charge is 2.05. The summed E-state index contributed by atoms with van der Waals surface area (Å²) in [7, 11) is 0. The first kappa shape index (κ1) is 10.4. The van der Waals surface area contributed by atoms with Gasteiger partial charge in [-0.15, -0.1) is 0 Å². The third-order valence-electron chi connectivity index (χ3n) is 2.16. The van der Waals surface area contributed by atoms with Gasteiger partial charge in [0.15, 0.2) is 0 Å². The standard InChI is InChI=1S/C11H12N4O/c1-8-3-2-4-9(5-8)11(16)12-6-10-13-7-14-15-10/h2-5,7H,6H2,1H3,(H,12,16)(H,13,14,15). The highest BCUT2D eigenvalue weighted by molar-refractivity contribution is 5.94. The van der Waals surface area contributed by atoms with Crippen LogP contribution in [0.1, 0.15) is 21.7 Å². The molecule has 5 heteroatoms. The number of aryl methyl sites for hydroxylation is 1. The number of nitrogens with zero attached hydrogens (tertiary/aromatic N) is 2. The topological polar surface area (TPSA) is 70.7 Å². The average Bonchev–Trinajstić information content (AvgIpc) is 2.78. The fraction of sp³-hybridized carbons (Fsp3) is 0.182. The number of benzene rings is 1. The van der Waals surface area contributed by atoms with Gasteiger partial charge in [0.1, 0.15) is 12.2 Å². The van der Waals surface area contributed by atoms with E-state index < -0.39 is 0 Å². The first-order chi connectivity index (χ1) is 7.75. The molecule has 0 unspecified atom stereocenters. The molecule has 0 atom stereocenters. The van der Waals surface area contributed by atoms with Crippen LogP contribution in [0.2, 0.25) is 0 Å². The third-order valence-corrected chi connectivity index (χ3v) is 2.16. The van der Waals surface area contributed by atoms with Crippen molar-refractivity contribution in [3.05, 3.63) is 47.5 Å². The zero-order valence-corrected chi connectivity index (χ0v) is 8.90. The van der Waals surface area contributed by atoms with Crippen molar-refractivity contribution in [2.75, 3.05) is 0 Å². The molecule has 82 valence electrons. The number of aromatic amines is 1. The molecule has 2 N–H and O–H groups in total. The summed E-state index contributed by atoms with van der Waals surface area (Å²) in [5.74, 6) is 0.529. The van der Waals surface area contributed by atoms with Gasteiger partial charge < -0.3 is 5.32 Å². The van der Waals surface area contributed by atoms with E-state index in [0.717, 1.165) is 5.56 Å². The Morgan fingerprint density at radius 3 is 3.06 bits per heavy atom. The van der Waals surface area contributed by atoms with Crippen LogP contribution >= 0.6 is 0 Å². The van der Waals surface area contributed by atoms with Gasteiger partial charge in [-0.05, 0) is 19.1 Å². The van der Waals surface area contributed by atoms with Crippen LogP contribution in [-0.4, -0.2) is 21.1 Å². The Balaban J connectivity index is 1.98. The number of amides is 1. The zero-order chi connectivity index (χ0) is 11.4. The largest absolute Gasteiger partial charge is 0.345 e. The number of nitrogens with one attached hydrogen (secondary N) is 2. The fourth-order valence-electron chi connectivity index (χ4n) is 1.37. The van der Waals surface area contributed by atoms with Gasteiger partial charge >= 0.3 is 0 Å². The lowest BCUT2D eigenvalue weighted by molar-refractivity contribution is 0.0950. The highest BCUT2D eigenvalue weighted by atomic mass is 16.1. The van der Waals surface area contributed by atoms with Crippen LogP contribution in [0.5, 0.6) is 0 Å². The molecule has 0 radical (unpaired) electrons. The molecule has 1 heterocycles. The molecule has 0 aliphatic carbocycles. The van der Waals surface area contributed by atoms with Crippen LogP contribution in [-0.2, 0) is 6.54 Å². The number of hydrogen-bond donors (Lipinski definition) is 2. The first-order valence-electron chi connectivity index (χ1n) is 4.95. The third kappa shape index (κ3) is 2.44. The predicted molar refractivity (Wildman–Crippen MR) is 58.7 cm³/mol. The molecule has 16 heavy (non-hydrogen) atoms. The van der Waals surface area contributed by atoms with Crippen molar-refractivity contribution in [3.63, 3.8) is 0 Å². The summed E-state index contributed by atoms with van der Waals surface area (Å²) >= 11 is 0. The minimum atomic E-state index is -0.111. The maximum Gasteiger partial charge on any atom is 0.251 e. The van der Waals surface area contributed by atoms with Crippen molar-refractivity contribution >= 4 is 5.91 Å². The molecule has 5 nitrogen and oxygen atoms in total. The lowest BCUT2D eigenvalue weighted by atomic mass is 10.1. The SMILES string of the molecule is Cc1cccc(C(=O)NCc2ncn[nH]2)c1. The van der Waals surface area contributed by atoms with Crippen molar-refractivity contribution < 1.29 is 4.79 Å². The van der Waals surface area contributed by atoms with Crippen LogP contribution in [0.4, 0.5) is 0 Å². The van der Waals surface area contributed by atoms with Crippen molar-refractivity contribution in [3.8, 4) is 0 Å². The van der Waals surface area contributed by atoms with Crippen molar-refractivity contribution in [1.82, 2.24) is 20.5 Å². The quantitative estimate of drug-likeness (QED) is 0.805. The van der Waals surface area contributed by atoms with Crippen LogP contribution in [0, 0.1) is 6.92 Å². The Morgan fingerprint density at radius 1 is 1.50 bits per heavy atom. The molecule has 1 aromatic heterocycles. The molecular weight excluding hydrogens is 204 g/mol. The van der Waals surface area contributed by atoms with Crippen molar-refractivity contribution in [1.29, 1.82) is 0 Å². The maximum atomic E-state index is 11.7. The number of carbonyl (C=O) groups is 1. The van der Waals surface area contributed by atoms with E-state index in [1.54, 1.807) is 6.07 Å². The molecule has 0 spiro atoms. The summed E-state index contributed by atoms with van der Waals surface area (Å²) in [6.07, 6.45) is 1.41. The lowest BCUT2D eigenvalue weighted by Crippen LogP contribution is -2.23. The van der Waals surface area contributed by atoms with Gasteiger partial charge in [-0.3, -0.25) is 9.89 Å². The molecule has 0 fully saturated rings. The van der Waals surface area contributed by atoms with Crippen molar-refractivity contribution in [2.24, 2.45) is 0 Å². The number of carbonyl (C=O) groups excluding carboxylic acids is 1. The molecule has 0 saturated heterocycles. The van der Waals surface area contributed by atoms with Crippen LogP contribution < -0.4 is 5.32 Å². The number of rotatable bonds is 3. The van der Waals surface area contributed by atoms with E-state index in [-0.39, 0.29) is 5.91 Å². The fourth-order valence-corrected chi connectivity index (χ4v) is 1.37. The summed E-state index contributed by atoms with van der Waals surface area (Å²) in [4.78, 5) is 15.6. The van der Waals surface area contributed by atoms with Crippen molar-refractivity contribution in [2.45, 2.75) is 13.5 Å². The van der Waals surface area contributed by atoms with Gasteiger partial charge in [0.25, 0.3) is 5.91 Å². The second kappa shape index (κ2) is 4.57. The molecule has 2 aromatic rings. The second-order valence-electron chi connectivity index (χ2n) is 3.48. The average molecular weight is 216 g/mol. The summed E-state index contributed by atoms with van der Waals surface area (Å²) in [6.45, 7) is 2.31. The monoisotopic (exact) mass is 216 g/mol. The van der Waals surface area contributed by atoms with Crippen LogP contribution in [0.15, 0.2) is 30.6 Å². The Kier molecular flexibility index (Phi) is 2.95. The summed E-state index contributed by atoms with van der Waals surface area (Å²) < 4.78 is 0. The first-order valence-corrected chi connectivity index (χ1v) is 4.95. The van der Waals surface area contributed by atoms with E-state index in [4.69, 9.17) is 0 Å². The van der Waals surface area contributed by atoms with Gasteiger partial charge in [-0.1, -0.05) is 17.7 Å².